The SMILES string of the molecule is CC(C)Oc1ccc(S(C)(=O)=O)cc1C(=O)N1CCC(Oc2cccc(C(C)(F)F)c2)C1. The van der Waals surface area contributed by atoms with E-state index in [4.69, 9.17) is 9.47 Å². The van der Waals surface area contributed by atoms with Crippen LogP contribution >= 0.6 is 0 Å². The van der Waals surface area contributed by atoms with Crippen LogP contribution in [0.25, 0.3) is 0 Å². The third-order valence-electron chi connectivity index (χ3n) is 5.05. The molecule has 1 amide bonds. The smallest absolute Gasteiger partial charge is 0.270 e. The summed E-state index contributed by atoms with van der Waals surface area (Å²) in [6.45, 7) is 5.08. The van der Waals surface area contributed by atoms with Crippen molar-refractivity contribution in [2.45, 2.75) is 50.2 Å². The number of likely N-dealkylation sites (tertiary alicyclic amines) is 1. The number of benzene rings is 2. The van der Waals surface area contributed by atoms with E-state index < -0.39 is 15.8 Å². The maximum Gasteiger partial charge on any atom is 0.270 e. The van der Waals surface area contributed by atoms with Crippen molar-refractivity contribution < 1.29 is 31.5 Å². The number of sulfone groups is 1. The molecule has 32 heavy (non-hydrogen) atoms. The van der Waals surface area contributed by atoms with Crippen LogP contribution in [0, 0.1) is 0 Å². The summed E-state index contributed by atoms with van der Waals surface area (Å²) in [5.41, 5.74) is 0.0175. The van der Waals surface area contributed by atoms with Crippen LogP contribution in [0.5, 0.6) is 11.5 Å². The lowest BCUT2D eigenvalue weighted by atomic mass is 10.1. The third kappa shape index (κ3) is 5.76. The molecule has 0 N–H and O–H groups in total. The van der Waals surface area contributed by atoms with E-state index in [2.05, 4.69) is 0 Å². The van der Waals surface area contributed by atoms with Gasteiger partial charge in [0.15, 0.2) is 9.84 Å². The normalized spacial score (nSPS) is 17.0. The average molecular weight is 468 g/mol. The van der Waals surface area contributed by atoms with Gasteiger partial charge in [-0.3, -0.25) is 4.79 Å². The monoisotopic (exact) mass is 467 g/mol. The molecule has 1 unspecified atom stereocenters. The minimum atomic E-state index is -3.51. The van der Waals surface area contributed by atoms with E-state index in [9.17, 15) is 22.0 Å². The second kappa shape index (κ2) is 9.05. The summed E-state index contributed by atoms with van der Waals surface area (Å²) in [7, 11) is -3.51. The van der Waals surface area contributed by atoms with Crippen LogP contribution in [-0.4, -0.2) is 50.8 Å². The van der Waals surface area contributed by atoms with Gasteiger partial charge in [0.05, 0.1) is 23.1 Å². The van der Waals surface area contributed by atoms with Gasteiger partial charge in [0, 0.05) is 31.7 Å². The van der Waals surface area contributed by atoms with Crippen LogP contribution in [0.3, 0.4) is 0 Å². The number of ether oxygens (including phenoxy) is 2. The molecule has 0 saturated carbocycles. The summed E-state index contributed by atoms with van der Waals surface area (Å²) in [6, 6.07) is 9.98. The number of halogens is 2. The number of nitrogens with zero attached hydrogens (tertiary/aromatic N) is 1. The molecule has 0 bridgehead atoms. The number of carbonyl (C=O) groups excluding carboxylic acids is 1. The van der Waals surface area contributed by atoms with Crippen LogP contribution in [0.15, 0.2) is 47.4 Å². The number of hydrogen-bond acceptors (Lipinski definition) is 5. The molecule has 0 aromatic heterocycles. The van der Waals surface area contributed by atoms with E-state index >= 15 is 0 Å². The Morgan fingerprint density at radius 2 is 1.91 bits per heavy atom. The van der Waals surface area contributed by atoms with Crippen molar-refractivity contribution in [3.8, 4) is 11.5 Å². The van der Waals surface area contributed by atoms with Crippen molar-refractivity contribution >= 4 is 15.7 Å². The van der Waals surface area contributed by atoms with Crippen molar-refractivity contribution in [2.24, 2.45) is 0 Å². The zero-order valence-corrected chi connectivity index (χ0v) is 19.3. The second-order valence-electron chi connectivity index (χ2n) is 8.29. The van der Waals surface area contributed by atoms with Crippen LogP contribution in [0.1, 0.15) is 43.1 Å². The lowest BCUT2D eigenvalue weighted by molar-refractivity contribution is 0.0171. The topological polar surface area (TPSA) is 72.9 Å². The molecule has 3 rings (SSSR count). The molecule has 9 heteroatoms. The second-order valence-corrected chi connectivity index (χ2v) is 10.3. The van der Waals surface area contributed by atoms with Crippen molar-refractivity contribution in [2.75, 3.05) is 19.3 Å². The maximum atomic E-state index is 13.6. The zero-order valence-electron chi connectivity index (χ0n) is 18.5. The molecule has 1 saturated heterocycles. The Balaban J connectivity index is 1.78. The number of amides is 1. The Morgan fingerprint density at radius 3 is 2.53 bits per heavy atom. The van der Waals surface area contributed by atoms with Crippen LogP contribution in [0.2, 0.25) is 0 Å². The number of rotatable bonds is 7. The molecule has 0 spiro atoms. The first-order chi connectivity index (χ1) is 14.8. The van der Waals surface area contributed by atoms with E-state index in [1.165, 1.54) is 36.4 Å². The van der Waals surface area contributed by atoms with Crippen molar-refractivity contribution in [1.29, 1.82) is 0 Å². The van der Waals surface area contributed by atoms with Crippen molar-refractivity contribution in [3.05, 3.63) is 53.6 Å². The van der Waals surface area contributed by atoms with Crippen LogP contribution < -0.4 is 9.47 Å². The zero-order chi connectivity index (χ0) is 23.7. The standard InChI is InChI=1S/C23H27F2NO5S/c1-15(2)30-21-9-8-19(32(4,28)29)13-20(21)22(27)26-11-10-18(14-26)31-17-7-5-6-16(12-17)23(3,24)25/h5-9,12-13,15,18H,10-11,14H2,1-4H3. The molecule has 0 aliphatic carbocycles. The van der Waals surface area contributed by atoms with E-state index in [1.807, 2.05) is 13.8 Å². The molecule has 2 aromatic carbocycles. The number of hydrogen-bond donors (Lipinski definition) is 0. The minimum Gasteiger partial charge on any atom is -0.490 e. The predicted octanol–water partition coefficient (Wildman–Crippen LogP) is 4.28. The molecule has 0 radical (unpaired) electrons. The van der Waals surface area contributed by atoms with Gasteiger partial charge in [0.25, 0.3) is 11.8 Å². The molecule has 6 nitrogen and oxygen atoms in total. The van der Waals surface area contributed by atoms with Gasteiger partial charge in [0.1, 0.15) is 17.6 Å². The highest BCUT2D eigenvalue weighted by Crippen LogP contribution is 2.31. The summed E-state index contributed by atoms with van der Waals surface area (Å²) >= 11 is 0. The first kappa shape index (κ1) is 24.0. The Kier molecular flexibility index (Phi) is 6.78. The summed E-state index contributed by atoms with van der Waals surface area (Å²) in [5, 5.41) is 0. The molecule has 174 valence electrons. The maximum absolute atomic E-state index is 13.6. The van der Waals surface area contributed by atoms with E-state index in [-0.39, 0.29) is 40.7 Å². The van der Waals surface area contributed by atoms with Crippen molar-refractivity contribution in [1.82, 2.24) is 4.90 Å². The van der Waals surface area contributed by atoms with Crippen LogP contribution in [0.4, 0.5) is 8.78 Å². The molecule has 1 aliphatic rings. The summed E-state index contributed by atoms with van der Waals surface area (Å²) in [4.78, 5) is 14.8. The fourth-order valence-corrected chi connectivity index (χ4v) is 4.12. The summed E-state index contributed by atoms with van der Waals surface area (Å²) < 4.78 is 62.7. The highest BCUT2D eigenvalue weighted by molar-refractivity contribution is 7.90. The molecular formula is C23H27F2NO5S. The molecular weight excluding hydrogens is 440 g/mol. The van der Waals surface area contributed by atoms with E-state index in [0.29, 0.717) is 24.5 Å². The predicted molar refractivity (Wildman–Crippen MR) is 116 cm³/mol. The third-order valence-corrected chi connectivity index (χ3v) is 6.16. The first-order valence-corrected chi connectivity index (χ1v) is 12.2. The lowest BCUT2D eigenvalue weighted by Crippen LogP contribution is -2.31. The first-order valence-electron chi connectivity index (χ1n) is 10.3. The molecule has 1 heterocycles. The van der Waals surface area contributed by atoms with Gasteiger partial charge in [-0.2, -0.15) is 0 Å². The van der Waals surface area contributed by atoms with Gasteiger partial charge < -0.3 is 14.4 Å². The Hall–Kier alpha value is -2.68. The highest BCUT2D eigenvalue weighted by atomic mass is 32.2. The molecule has 2 aromatic rings. The fraction of sp³-hybridized carbons (Fsp3) is 0.435. The van der Waals surface area contributed by atoms with Gasteiger partial charge in [-0.15, -0.1) is 0 Å². The highest BCUT2D eigenvalue weighted by Gasteiger charge is 2.31. The van der Waals surface area contributed by atoms with Crippen molar-refractivity contribution in [3.63, 3.8) is 0 Å². The van der Waals surface area contributed by atoms with Crippen LogP contribution in [-0.2, 0) is 15.8 Å². The van der Waals surface area contributed by atoms with Gasteiger partial charge in [-0.1, -0.05) is 12.1 Å². The van der Waals surface area contributed by atoms with E-state index in [0.717, 1.165) is 13.2 Å². The largest absolute Gasteiger partial charge is 0.490 e. The van der Waals surface area contributed by atoms with Gasteiger partial charge in [0.2, 0.25) is 0 Å². The Morgan fingerprint density at radius 1 is 1.19 bits per heavy atom. The Labute approximate surface area is 187 Å². The fourth-order valence-electron chi connectivity index (χ4n) is 3.48. The van der Waals surface area contributed by atoms with Gasteiger partial charge >= 0.3 is 0 Å². The summed E-state index contributed by atoms with van der Waals surface area (Å²) in [6.07, 6.45) is 1.02. The molecule has 1 atom stereocenters. The quantitative estimate of drug-likeness (QED) is 0.608. The molecule has 1 aliphatic heterocycles. The number of carbonyl (C=O) groups is 1. The summed E-state index contributed by atoms with van der Waals surface area (Å²) in [5.74, 6) is -2.73. The lowest BCUT2D eigenvalue weighted by Gasteiger charge is -2.21. The minimum absolute atomic E-state index is 0.0289. The average Bonchev–Trinajstić information content (AvgIpc) is 3.14. The van der Waals surface area contributed by atoms with E-state index in [1.54, 1.807) is 11.0 Å². The number of alkyl halides is 2. The van der Waals surface area contributed by atoms with Gasteiger partial charge in [-0.05, 0) is 44.2 Å². The van der Waals surface area contributed by atoms with Gasteiger partial charge in [-0.25, -0.2) is 17.2 Å². The molecule has 1 fully saturated rings. The Bertz CT molecular complexity index is 1100.